The summed E-state index contributed by atoms with van der Waals surface area (Å²) in [6.45, 7) is 7.11. The number of likely N-dealkylation sites (tertiary alicyclic amines) is 1. The number of nitrogens with zero attached hydrogens (tertiary/aromatic N) is 2. The number of hydrogen-bond acceptors (Lipinski definition) is 5. The number of nitrogens with one attached hydrogen (secondary N) is 1. The fourth-order valence-corrected chi connectivity index (χ4v) is 3.64. The number of anilines is 1. The van der Waals surface area contributed by atoms with E-state index in [4.69, 9.17) is 4.74 Å². The Balaban J connectivity index is 1.54. The summed E-state index contributed by atoms with van der Waals surface area (Å²) >= 11 is 0. The first-order valence-corrected chi connectivity index (χ1v) is 9.14. The lowest BCUT2D eigenvalue weighted by Gasteiger charge is -2.21. The Kier molecular flexibility index (Phi) is 5.89. The standard InChI is InChI=1S/C21H27N3O2/c1-15-11-18(14-24(15)13-17-7-5-4-6-8-17)12-22-20-10-9-19(16(2)23-20)21(25)26-3/h4-10,15,18H,11-14H2,1-3H3,(H,22,23). The maximum absolute atomic E-state index is 11.6. The third kappa shape index (κ3) is 4.41. The summed E-state index contributed by atoms with van der Waals surface area (Å²) in [5, 5.41) is 3.43. The molecule has 5 nitrogen and oxygen atoms in total. The van der Waals surface area contributed by atoms with Crippen LogP contribution in [0.5, 0.6) is 0 Å². The first-order chi connectivity index (χ1) is 12.6. The van der Waals surface area contributed by atoms with Crippen LogP contribution in [0, 0.1) is 12.8 Å². The Bertz CT molecular complexity index is 748. The molecule has 3 rings (SSSR count). The predicted molar refractivity (Wildman–Crippen MR) is 103 cm³/mol. The van der Waals surface area contributed by atoms with E-state index in [9.17, 15) is 4.79 Å². The van der Waals surface area contributed by atoms with Crippen molar-refractivity contribution in [1.29, 1.82) is 0 Å². The van der Waals surface area contributed by atoms with Crippen molar-refractivity contribution >= 4 is 11.8 Å². The van der Waals surface area contributed by atoms with Gasteiger partial charge >= 0.3 is 5.97 Å². The maximum atomic E-state index is 11.6. The van der Waals surface area contributed by atoms with Crippen LogP contribution in [0.4, 0.5) is 5.82 Å². The molecule has 1 saturated heterocycles. The first-order valence-electron chi connectivity index (χ1n) is 9.14. The lowest BCUT2D eigenvalue weighted by molar-refractivity contribution is 0.0599. The van der Waals surface area contributed by atoms with Gasteiger partial charge in [0.05, 0.1) is 18.4 Å². The third-order valence-electron chi connectivity index (χ3n) is 5.08. The molecule has 0 bridgehead atoms. The molecule has 0 amide bonds. The first kappa shape index (κ1) is 18.4. The van der Waals surface area contributed by atoms with Crippen LogP contribution >= 0.6 is 0 Å². The Hall–Kier alpha value is -2.40. The summed E-state index contributed by atoms with van der Waals surface area (Å²) in [7, 11) is 1.39. The van der Waals surface area contributed by atoms with Crippen molar-refractivity contribution in [3.05, 3.63) is 59.3 Å². The van der Waals surface area contributed by atoms with Crippen molar-refractivity contribution < 1.29 is 9.53 Å². The predicted octanol–water partition coefficient (Wildman–Crippen LogP) is 3.50. The van der Waals surface area contributed by atoms with Crippen molar-refractivity contribution in [1.82, 2.24) is 9.88 Å². The van der Waals surface area contributed by atoms with Crippen molar-refractivity contribution in [2.24, 2.45) is 5.92 Å². The van der Waals surface area contributed by atoms with Crippen molar-refractivity contribution in [2.75, 3.05) is 25.5 Å². The zero-order chi connectivity index (χ0) is 18.5. The molecule has 1 N–H and O–H groups in total. The van der Waals surface area contributed by atoms with E-state index in [-0.39, 0.29) is 5.97 Å². The molecule has 2 heterocycles. The Labute approximate surface area is 155 Å². The topological polar surface area (TPSA) is 54.5 Å². The number of aryl methyl sites for hydroxylation is 1. The van der Waals surface area contributed by atoms with Gasteiger partial charge in [0, 0.05) is 25.7 Å². The monoisotopic (exact) mass is 353 g/mol. The number of pyridine rings is 1. The summed E-state index contributed by atoms with van der Waals surface area (Å²) in [5.41, 5.74) is 2.57. The normalized spacial score (nSPS) is 20.1. The largest absolute Gasteiger partial charge is 0.465 e. The van der Waals surface area contributed by atoms with Crippen LogP contribution in [0.2, 0.25) is 0 Å². The van der Waals surface area contributed by atoms with E-state index >= 15 is 0 Å². The van der Waals surface area contributed by atoms with Gasteiger partial charge in [-0.05, 0) is 43.9 Å². The molecule has 26 heavy (non-hydrogen) atoms. The van der Waals surface area contributed by atoms with E-state index in [0.717, 1.165) is 25.5 Å². The third-order valence-corrected chi connectivity index (χ3v) is 5.08. The summed E-state index contributed by atoms with van der Waals surface area (Å²) in [6, 6.07) is 14.8. The smallest absolute Gasteiger partial charge is 0.339 e. The van der Waals surface area contributed by atoms with Crippen LogP contribution in [0.3, 0.4) is 0 Å². The van der Waals surface area contributed by atoms with E-state index in [1.165, 1.54) is 19.1 Å². The highest BCUT2D eigenvalue weighted by Crippen LogP contribution is 2.25. The number of methoxy groups -OCH3 is 1. The molecule has 1 aromatic heterocycles. The summed E-state index contributed by atoms with van der Waals surface area (Å²) in [5.74, 6) is 1.06. The minimum absolute atomic E-state index is 0.345. The van der Waals surface area contributed by atoms with Crippen LogP contribution in [-0.4, -0.2) is 42.1 Å². The molecule has 2 aromatic rings. The van der Waals surface area contributed by atoms with Gasteiger partial charge in [-0.25, -0.2) is 9.78 Å². The zero-order valence-corrected chi connectivity index (χ0v) is 15.7. The average Bonchev–Trinajstić information content (AvgIpc) is 3.00. The van der Waals surface area contributed by atoms with Gasteiger partial charge in [0.2, 0.25) is 0 Å². The van der Waals surface area contributed by atoms with Gasteiger partial charge in [-0.15, -0.1) is 0 Å². The van der Waals surface area contributed by atoms with Gasteiger partial charge in [0.25, 0.3) is 0 Å². The summed E-state index contributed by atoms with van der Waals surface area (Å²) in [6.07, 6.45) is 1.18. The number of ether oxygens (including phenoxy) is 1. The SMILES string of the molecule is COC(=O)c1ccc(NCC2CC(C)N(Cc3ccccc3)C2)nc1C. The number of esters is 1. The molecule has 138 valence electrons. The quantitative estimate of drug-likeness (QED) is 0.806. The highest BCUT2D eigenvalue weighted by Gasteiger charge is 2.28. The fourth-order valence-electron chi connectivity index (χ4n) is 3.64. The minimum atomic E-state index is -0.345. The molecule has 0 spiro atoms. The molecule has 2 atom stereocenters. The molecule has 5 heteroatoms. The molecule has 0 radical (unpaired) electrons. The average molecular weight is 353 g/mol. The van der Waals surface area contributed by atoms with Gasteiger partial charge in [0.15, 0.2) is 0 Å². The number of carbonyl (C=O) groups excluding carboxylic acids is 1. The van der Waals surface area contributed by atoms with Crippen LogP contribution in [0.25, 0.3) is 0 Å². The lowest BCUT2D eigenvalue weighted by Crippen LogP contribution is -2.27. The van der Waals surface area contributed by atoms with Crippen LogP contribution in [0.15, 0.2) is 42.5 Å². The van der Waals surface area contributed by atoms with Crippen molar-refractivity contribution in [3.8, 4) is 0 Å². The van der Waals surface area contributed by atoms with Gasteiger partial charge in [-0.2, -0.15) is 0 Å². The molecular formula is C21H27N3O2. The Morgan fingerprint density at radius 1 is 1.27 bits per heavy atom. The van der Waals surface area contributed by atoms with E-state index in [1.54, 1.807) is 6.07 Å². The number of rotatable bonds is 6. The van der Waals surface area contributed by atoms with E-state index < -0.39 is 0 Å². The summed E-state index contributed by atoms with van der Waals surface area (Å²) < 4.78 is 4.77. The molecule has 1 aliphatic rings. The van der Waals surface area contributed by atoms with E-state index in [2.05, 4.69) is 52.5 Å². The molecule has 1 aromatic carbocycles. The second-order valence-electron chi connectivity index (χ2n) is 7.07. The number of hydrogen-bond donors (Lipinski definition) is 1. The van der Waals surface area contributed by atoms with Crippen molar-refractivity contribution in [3.63, 3.8) is 0 Å². The molecule has 1 fully saturated rings. The number of aromatic nitrogens is 1. The molecule has 1 aliphatic heterocycles. The fraction of sp³-hybridized carbons (Fsp3) is 0.429. The van der Waals surface area contributed by atoms with Gasteiger partial charge in [0.1, 0.15) is 5.82 Å². The van der Waals surface area contributed by atoms with Crippen LogP contribution in [-0.2, 0) is 11.3 Å². The van der Waals surface area contributed by atoms with Crippen molar-refractivity contribution in [2.45, 2.75) is 32.9 Å². The molecule has 0 aliphatic carbocycles. The molecule has 2 unspecified atom stereocenters. The van der Waals surface area contributed by atoms with Gasteiger partial charge in [-0.3, -0.25) is 4.90 Å². The number of carbonyl (C=O) groups is 1. The van der Waals surface area contributed by atoms with Gasteiger partial charge in [-0.1, -0.05) is 30.3 Å². The minimum Gasteiger partial charge on any atom is -0.465 e. The molecular weight excluding hydrogens is 326 g/mol. The number of benzene rings is 1. The molecule has 0 saturated carbocycles. The lowest BCUT2D eigenvalue weighted by atomic mass is 10.1. The maximum Gasteiger partial charge on any atom is 0.339 e. The van der Waals surface area contributed by atoms with Gasteiger partial charge < -0.3 is 10.1 Å². The Morgan fingerprint density at radius 3 is 2.73 bits per heavy atom. The zero-order valence-electron chi connectivity index (χ0n) is 15.7. The second kappa shape index (κ2) is 8.32. The van der Waals surface area contributed by atoms with E-state index in [1.807, 2.05) is 13.0 Å². The van der Waals surface area contributed by atoms with Crippen LogP contribution in [0.1, 0.15) is 35.0 Å². The Morgan fingerprint density at radius 2 is 2.04 bits per heavy atom. The summed E-state index contributed by atoms with van der Waals surface area (Å²) in [4.78, 5) is 18.7. The van der Waals surface area contributed by atoms with E-state index in [0.29, 0.717) is 23.2 Å². The van der Waals surface area contributed by atoms with Crippen LogP contribution < -0.4 is 5.32 Å². The highest BCUT2D eigenvalue weighted by atomic mass is 16.5. The second-order valence-corrected chi connectivity index (χ2v) is 7.07. The highest BCUT2D eigenvalue weighted by molar-refractivity contribution is 5.90.